The quantitative estimate of drug-likeness (QED) is 0.660. The molecule has 0 spiro atoms. The monoisotopic (exact) mass is 277 g/mol. The molecule has 0 unspecified atom stereocenters. The molecule has 3 nitrogen and oxygen atoms in total. The van der Waals surface area contributed by atoms with E-state index in [1.165, 1.54) is 32.0 Å². The highest BCUT2D eigenvalue weighted by Crippen LogP contribution is 2.16. The first-order chi connectivity index (χ1) is 9.79. The molecule has 108 valence electrons. The van der Waals surface area contributed by atoms with Crippen molar-refractivity contribution in [3.8, 4) is 17.6 Å². The summed E-state index contributed by atoms with van der Waals surface area (Å²) >= 11 is 0. The lowest BCUT2D eigenvalue weighted by Gasteiger charge is -2.14. The molecule has 0 radical (unpaired) electrons. The Balaban J connectivity index is 1.76. The summed E-state index contributed by atoms with van der Waals surface area (Å²) < 4.78 is 19.2. The van der Waals surface area contributed by atoms with E-state index in [2.05, 4.69) is 16.7 Å². The van der Waals surface area contributed by atoms with Gasteiger partial charge in [0.2, 0.25) is 0 Å². The highest BCUT2D eigenvalue weighted by atomic mass is 19.1. The van der Waals surface area contributed by atoms with E-state index in [0.29, 0.717) is 12.4 Å². The molecule has 1 heterocycles. The summed E-state index contributed by atoms with van der Waals surface area (Å²) in [7, 11) is 0. The van der Waals surface area contributed by atoms with Gasteiger partial charge in [0.15, 0.2) is 0 Å². The molecule has 0 saturated carbocycles. The van der Waals surface area contributed by atoms with Crippen LogP contribution >= 0.6 is 0 Å². The molecule has 0 atom stereocenters. The van der Waals surface area contributed by atoms with Crippen molar-refractivity contribution in [3.05, 3.63) is 29.6 Å². The average Bonchev–Trinajstić information content (AvgIpc) is 2.96. The van der Waals surface area contributed by atoms with Gasteiger partial charge < -0.3 is 14.7 Å². The molecule has 4 heteroatoms. The smallest absolute Gasteiger partial charge is 0.142 e. The third-order valence-electron chi connectivity index (χ3n) is 3.33. The van der Waals surface area contributed by atoms with E-state index in [1.54, 1.807) is 12.1 Å². The fourth-order valence-electron chi connectivity index (χ4n) is 2.31. The van der Waals surface area contributed by atoms with Gasteiger partial charge in [0.05, 0.1) is 12.2 Å². The SMILES string of the molecule is OCC#Cc1ccc(OCCCN2CCCC2)cc1F. The lowest BCUT2D eigenvalue weighted by Crippen LogP contribution is -2.21. The maximum absolute atomic E-state index is 13.7. The minimum atomic E-state index is -0.414. The highest BCUT2D eigenvalue weighted by Gasteiger charge is 2.10. The van der Waals surface area contributed by atoms with Crippen molar-refractivity contribution in [1.82, 2.24) is 4.90 Å². The Hall–Kier alpha value is -1.57. The Morgan fingerprint density at radius 3 is 2.80 bits per heavy atom. The zero-order valence-electron chi connectivity index (χ0n) is 11.6. The number of hydrogen-bond acceptors (Lipinski definition) is 3. The van der Waals surface area contributed by atoms with E-state index in [-0.39, 0.29) is 12.2 Å². The summed E-state index contributed by atoms with van der Waals surface area (Å²) in [5, 5.41) is 8.58. The molecule has 2 rings (SSSR count). The Kier molecular flexibility index (Phi) is 5.85. The molecule has 0 aromatic heterocycles. The molecule has 1 aliphatic rings. The molecule has 0 bridgehead atoms. The number of aliphatic hydroxyl groups is 1. The van der Waals surface area contributed by atoms with E-state index in [1.807, 2.05) is 0 Å². The molecule has 1 aromatic carbocycles. The molecule has 1 saturated heterocycles. The second-order valence-electron chi connectivity index (χ2n) is 4.85. The van der Waals surface area contributed by atoms with Gasteiger partial charge in [-0.15, -0.1) is 0 Å². The Labute approximate surface area is 119 Å². The van der Waals surface area contributed by atoms with Crippen LogP contribution in [0.15, 0.2) is 18.2 Å². The molecular formula is C16H20FNO2. The van der Waals surface area contributed by atoms with Crippen LogP contribution in [0.3, 0.4) is 0 Å². The van der Waals surface area contributed by atoms with E-state index in [4.69, 9.17) is 9.84 Å². The zero-order valence-corrected chi connectivity index (χ0v) is 11.6. The number of nitrogens with zero attached hydrogens (tertiary/aromatic N) is 1. The third kappa shape index (κ3) is 4.52. The van der Waals surface area contributed by atoms with E-state index >= 15 is 0 Å². The van der Waals surface area contributed by atoms with Gasteiger partial charge in [0.25, 0.3) is 0 Å². The predicted molar refractivity (Wildman–Crippen MR) is 76.1 cm³/mol. The van der Waals surface area contributed by atoms with Crippen molar-refractivity contribution in [2.45, 2.75) is 19.3 Å². The van der Waals surface area contributed by atoms with Gasteiger partial charge in [-0.05, 0) is 44.5 Å². The van der Waals surface area contributed by atoms with Crippen LogP contribution in [0.4, 0.5) is 4.39 Å². The normalized spacial score (nSPS) is 14.9. The molecule has 1 N–H and O–H groups in total. The summed E-state index contributed by atoms with van der Waals surface area (Å²) in [5.41, 5.74) is 0.281. The number of hydrogen-bond donors (Lipinski definition) is 1. The first kappa shape index (κ1) is 14.8. The van der Waals surface area contributed by atoms with Crippen LogP contribution in [-0.2, 0) is 0 Å². The lowest BCUT2D eigenvalue weighted by atomic mass is 10.2. The standard InChI is InChI=1S/C16H20FNO2/c17-16-13-15(7-6-14(16)5-3-11-19)20-12-4-10-18-8-1-2-9-18/h6-7,13,19H,1-2,4,8-12H2. The van der Waals surface area contributed by atoms with Crippen molar-refractivity contribution in [3.63, 3.8) is 0 Å². The second kappa shape index (κ2) is 7.88. The van der Waals surface area contributed by atoms with E-state index in [9.17, 15) is 4.39 Å². The van der Waals surface area contributed by atoms with Gasteiger partial charge in [0.1, 0.15) is 18.2 Å². The minimum absolute atomic E-state index is 0.270. The molecule has 1 fully saturated rings. The summed E-state index contributed by atoms with van der Waals surface area (Å²) in [4.78, 5) is 2.43. The van der Waals surface area contributed by atoms with E-state index in [0.717, 1.165) is 13.0 Å². The number of likely N-dealkylation sites (tertiary alicyclic amines) is 1. The Bertz CT molecular complexity index is 487. The van der Waals surface area contributed by atoms with Crippen molar-refractivity contribution in [1.29, 1.82) is 0 Å². The Morgan fingerprint density at radius 1 is 1.30 bits per heavy atom. The van der Waals surface area contributed by atoms with Crippen LogP contribution < -0.4 is 4.74 Å². The molecule has 1 aliphatic heterocycles. The third-order valence-corrected chi connectivity index (χ3v) is 3.33. The van der Waals surface area contributed by atoms with Gasteiger partial charge in [0, 0.05) is 12.6 Å². The molecule has 1 aromatic rings. The van der Waals surface area contributed by atoms with Crippen LogP contribution in [0, 0.1) is 17.7 Å². The van der Waals surface area contributed by atoms with Crippen molar-refractivity contribution >= 4 is 0 Å². The number of ether oxygens (including phenoxy) is 1. The van der Waals surface area contributed by atoms with Gasteiger partial charge in [-0.1, -0.05) is 11.8 Å². The first-order valence-corrected chi connectivity index (χ1v) is 7.04. The zero-order chi connectivity index (χ0) is 14.2. The van der Waals surface area contributed by atoms with Gasteiger partial charge in [-0.2, -0.15) is 0 Å². The van der Waals surface area contributed by atoms with Gasteiger partial charge in [-0.25, -0.2) is 4.39 Å². The van der Waals surface area contributed by atoms with Crippen molar-refractivity contribution < 1.29 is 14.2 Å². The first-order valence-electron chi connectivity index (χ1n) is 7.04. The van der Waals surface area contributed by atoms with Crippen molar-refractivity contribution in [2.24, 2.45) is 0 Å². The molecule has 20 heavy (non-hydrogen) atoms. The largest absolute Gasteiger partial charge is 0.493 e. The fourth-order valence-corrected chi connectivity index (χ4v) is 2.31. The van der Waals surface area contributed by atoms with E-state index < -0.39 is 5.82 Å². The summed E-state index contributed by atoms with van der Waals surface area (Å²) in [6.07, 6.45) is 3.54. The summed E-state index contributed by atoms with van der Waals surface area (Å²) in [6.45, 7) is 3.74. The maximum atomic E-state index is 13.7. The van der Waals surface area contributed by atoms with Gasteiger partial charge >= 0.3 is 0 Å². The van der Waals surface area contributed by atoms with Crippen LogP contribution in [0.25, 0.3) is 0 Å². The Morgan fingerprint density at radius 2 is 2.10 bits per heavy atom. The lowest BCUT2D eigenvalue weighted by molar-refractivity contribution is 0.262. The summed E-state index contributed by atoms with van der Waals surface area (Å²) in [5.74, 6) is 5.10. The van der Waals surface area contributed by atoms with Crippen LogP contribution in [-0.4, -0.2) is 42.9 Å². The second-order valence-corrected chi connectivity index (χ2v) is 4.85. The fraction of sp³-hybridized carbons (Fsp3) is 0.500. The van der Waals surface area contributed by atoms with Crippen LogP contribution in [0.2, 0.25) is 0 Å². The predicted octanol–water partition coefficient (Wildman–Crippen LogP) is 2.03. The number of benzene rings is 1. The molecule has 0 aliphatic carbocycles. The number of rotatable bonds is 5. The van der Waals surface area contributed by atoms with Gasteiger partial charge in [-0.3, -0.25) is 0 Å². The maximum Gasteiger partial charge on any atom is 0.142 e. The average molecular weight is 277 g/mol. The van der Waals surface area contributed by atoms with Crippen LogP contribution in [0.5, 0.6) is 5.75 Å². The topological polar surface area (TPSA) is 32.7 Å². The highest BCUT2D eigenvalue weighted by molar-refractivity contribution is 5.39. The minimum Gasteiger partial charge on any atom is -0.493 e. The summed E-state index contributed by atoms with van der Waals surface area (Å²) in [6, 6.07) is 4.63. The molecule has 0 amide bonds. The van der Waals surface area contributed by atoms with Crippen molar-refractivity contribution in [2.75, 3.05) is 32.8 Å². The number of aliphatic hydroxyl groups excluding tert-OH is 1. The molecular weight excluding hydrogens is 257 g/mol. The number of halogens is 1. The van der Waals surface area contributed by atoms with Crippen LogP contribution in [0.1, 0.15) is 24.8 Å².